The van der Waals surface area contributed by atoms with Crippen LogP contribution in [0.15, 0.2) is 16.8 Å². The van der Waals surface area contributed by atoms with Crippen molar-refractivity contribution in [3.05, 3.63) is 33.0 Å². The largest absolute Gasteiger partial charge is 0.476 e. The van der Waals surface area contributed by atoms with Gasteiger partial charge in [-0.2, -0.15) is 0 Å². The van der Waals surface area contributed by atoms with Gasteiger partial charge in [0.05, 0.1) is 0 Å². The molecule has 3 heterocycles. The number of aromatic nitrogens is 1. The number of hydrogen-bond acceptors (Lipinski definition) is 5. The number of thiazole rings is 1. The molecule has 2 aromatic heterocycles. The molecule has 0 bridgehead atoms. The van der Waals surface area contributed by atoms with Crippen molar-refractivity contribution in [2.45, 2.75) is 13.0 Å². The fourth-order valence-corrected chi connectivity index (χ4v) is 3.64. The summed E-state index contributed by atoms with van der Waals surface area (Å²) in [6.45, 7) is 1.76. The number of hydrogen-bond donors (Lipinski definition) is 1. The first-order chi connectivity index (χ1) is 8.24. The minimum atomic E-state index is -0.958. The van der Waals surface area contributed by atoms with Crippen molar-refractivity contribution in [3.8, 4) is 0 Å². The average molecular weight is 266 g/mol. The first-order valence-corrected chi connectivity index (χ1v) is 6.99. The van der Waals surface area contributed by atoms with Crippen molar-refractivity contribution in [3.63, 3.8) is 0 Å². The second kappa shape index (κ2) is 4.12. The van der Waals surface area contributed by atoms with Crippen molar-refractivity contribution in [2.24, 2.45) is 0 Å². The summed E-state index contributed by atoms with van der Waals surface area (Å²) < 4.78 is 0. The predicted octanol–water partition coefficient (Wildman–Crippen LogP) is 2.47. The SMILES string of the molecule is O=C(O)c1csc(N2CCc3sccc3C2)n1. The van der Waals surface area contributed by atoms with Crippen LogP contribution in [0, 0.1) is 0 Å². The van der Waals surface area contributed by atoms with Gasteiger partial charge < -0.3 is 10.0 Å². The molecule has 6 heteroatoms. The van der Waals surface area contributed by atoms with E-state index in [2.05, 4.69) is 21.3 Å². The summed E-state index contributed by atoms with van der Waals surface area (Å²) in [5.74, 6) is -0.958. The molecule has 1 aliphatic heterocycles. The third kappa shape index (κ3) is 1.94. The average Bonchev–Trinajstić information content (AvgIpc) is 2.97. The number of thiophene rings is 1. The molecule has 0 atom stereocenters. The number of fused-ring (bicyclic) bond motifs is 1. The fourth-order valence-electron chi connectivity index (χ4n) is 1.92. The summed E-state index contributed by atoms with van der Waals surface area (Å²) in [7, 11) is 0. The first kappa shape index (κ1) is 10.7. The molecule has 0 unspecified atom stereocenters. The highest BCUT2D eigenvalue weighted by atomic mass is 32.1. The summed E-state index contributed by atoms with van der Waals surface area (Å²) in [6.07, 6.45) is 1.02. The lowest BCUT2D eigenvalue weighted by molar-refractivity contribution is 0.0691. The molecule has 88 valence electrons. The number of carboxylic acids is 1. The molecule has 2 aromatic rings. The van der Waals surface area contributed by atoms with Crippen molar-refractivity contribution >= 4 is 33.8 Å². The van der Waals surface area contributed by atoms with Gasteiger partial charge in [0.15, 0.2) is 10.8 Å². The lowest BCUT2D eigenvalue weighted by Crippen LogP contribution is -2.29. The zero-order valence-corrected chi connectivity index (χ0v) is 10.6. The third-order valence-corrected chi connectivity index (χ3v) is 4.71. The van der Waals surface area contributed by atoms with Crippen LogP contribution >= 0.6 is 22.7 Å². The Morgan fingerprint density at radius 1 is 1.47 bits per heavy atom. The van der Waals surface area contributed by atoms with E-state index in [0.717, 1.165) is 24.6 Å². The smallest absolute Gasteiger partial charge is 0.355 e. The minimum Gasteiger partial charge on any atom is -0.476 e. The van der Waals surface area contributed by atoms with E-state index in [4.69, 9.17) is 5.11 Å². The Hall–Kier alpha value is -1.40. The molecule has 1 aliphatic rings. The summed E-state index contributed by atoms with van der Waals surface area (Å²) in [4.78, 5) is 18.5. The predicted molar refractivity (Wildman–Crippen MR) is 68.1 cm³/mol. The fraction of sp³-hybridized carbons (Fsp3) is 0.273. The van der Waals surface area contributed by atoms with E-state index < -0.39 is 5.97 Å². The van der Waals surface area contributed by atoms with Crippen molar-refractivity contribution < 1.29 is 9.90 Å². The summed E-state index contributed by atoms with van der Waals surface area (Å²) in [5, 5.41) is 13.4. The first-order valence-electron chi connectivity index (χ1n) is 5.23. The topological polar surface area (TPSA) is 53.4 Å². The van der Waals surface area contributed by atoms with Crippen LogP contribution in [0.5, 0.6) is 0 Å². The van der Waals surface area contributed by atoms with Gasteiger partial charge in [0.25, 0.3) is 0 Å². The van der Waals surface area contributed by atoms with E-state index in [0.29, 0.717) is 0 Å². The second-order valence-corrected chi connectivity index (χ2v) is 5.70. The van der Waals surface area contributed by atoms with E-state index in [1.165, 1.54) is 21.8 Å². The molecule has 17 heavy (non-hydrogen) atoms. The highest BCUT2D eigenvalue weighted by Gasteiger charge is 2.20. The molecule has 0 fully saturated rings. The van der Waals surface area contributed by atoms with Crippen LogP contribution in [-0.4, -0.2) is 22.6 Å². The number of aromatic carboxylic acids is 1. The lowest BCUT2D eigenvalue weighted by atomic mass is 10.1. The Kier molecular flexibility index (Phi) is 2.60. The monoisotopic (exact) mass is 266 g/mol. The normalized spacial score (nSPS) is 14.7. The Labute approximate surface area is 106 Å². The Morgan fingerprint density at radius 2 is 2.35 bits per heavy atom. The molecule has 0 spiro atoms. The summed E-state index contributed by atoms with van der Waals surface area (Å²) >= 11 is 3.19. The van der Waals surface area contributed by atoms with E-state index in [1.54, 1.807) is 16.7 Å². The zero-order chi connectivity index (χ0) is 11.8. The van der Waals surface area contributed by atoms with E-state index in [1.807, 2.05) is 0 Å². The quantitative estimate of drug-likeness (QED) is 0.907. The van der Waals surface area contributed by atoms with Gasteiger partial charge in [-0.1, -0.05) is 0 Å². The molecule has 0 radical (unpaired) electrons. The third-order valence-electron chi connectivity index (χ3n) is 2.79. The number of carbonyl (C=O) groups is 1. The maximum atomic E-state index is 10.8. The molecular formula is C11H10N2O2S2. The van der Waals surface area contributed by atoms with Crippen LogP contribution in [0.25, 0.3) is 0 Å². The lowest BCUT2D eigenvalue weighted by Gasteiger charge is -2.26. The minimum absolute atomic E-state index is 0.140. The highest BCUT2D eigenvalue weighted by molar-refractivity contribution is 7.14. The van der Waals surface area contributed by atoms with Crippen molar-refractivity contribution in [2.75, 3.05) is 11.4 Å². The van der Waals surface area contributed by atoms with Crippen molar-refractivity contribution in [1.82, 2.24) is 4.98 Å². The van der Waals surface area contributed by atoms with Crippen LogP contribution < -0.4 is 4.90 Å². The van der Waals surface area contributed by atoms with Gasteiger partial charge in [-0.25, -0.2) is 9.78 Å². The second-order valence-electron chi connectivity index (χ2n) is 3.86. The van der Waals surface area contributed by atoms with E-state index in [9.17, 15) is 4.79 Å². The molecule has 0 aliphatic carbocycles. The molecular weight excluding hydrogens is 256 g/mol. The molecule has 0 saturated carbocycles. The molecule has 1 N–H and O–H groups in total. The van der Waals surface area contributed by atoms with Gasteiger partial charge in [-0.3, -0.25) is 0 Å². The number of anilines is 1. The number of carboxylic acid groups (broad SMARTS) is 1. The van der Waals surface area contributed by atoms with E-state index in [-0.39, 0.29) is 5.69 Å². The number of nitrogens with zero attached hydrogens (tertiary/aromatic N) is 2. The van der Waals surface area contributed by atoms with Gasteiger partial charge >= 0.3 is 5.97 Å². The maximum Gasteiger partial charge on any atom is 0.355 e. The Bertz CT molecular complexity index is 561. The van der Waals surface area contributed by atoms with E-state index >= 15 is 0 Å². The maximum absolute atomic E-state index is 10.8. The molecule has 0 aromatic carbocycles. The number of rotatable bonds is 2. The summed E-state index contributed by atoms with van der Waals surface area (Å²) in [5.41, 5.74) is 1.48. The zero-order valence-electron chi connectivity index (χ0n) is 8.92. The van der Waals surface area contributed by atoms with Crippen LogP contribution in [0.1, 0.15) is 20.9 Å². The van der Waals surface area contributed by atoms with Crippen LogP contribution in [0.4, 0.5) is 5.13 Å². The van der Waals surface area contributed by atoms with Crippen LogP contribution in [-0.2, 0) is 13.0 Å². The Morgan fingerprint density at radius 3 is 3.12 bits per heavy atom. The van der Waals surface area contributed by atoms with Crippen LogP contribution in [0.2, 0.25) is 0 Å². The van der Waals surface area contributed by atoms with Gasteiger partial charge in [0, 0.05) is 23.3 Å². The standard InChI is InChI=1S/C11H10N2O2S2/c14-10(15)8-6-17-11(12-8)13-3-1-9-7(5-13)2-4-16-9/h2,4,6H,1,3,5H2,(H,14,15). The molecule has 0 saturated heterocycles. The van der Waals surface area contributed by atoms with Gasteiger partial charge in [0.1, 0.15) is 0 Å². The van der Waals surface area contributed by atoms with Gasteiger partial charge in [0.2, 0.25) is 0 Å². The summed E-state index contributed by atoms with van der Waals surface area (Å²) in [6, 6.07) is 2.14. The van der Waals surface area contributed by atoms with Gasteiger partial charge in [-0.15, -0.1) is 22.7 Å². The van der Waals surface area contributed by atoms with Crippen LogP contribution in [0.3, 0.4) is 0 Å². The molecule has 0 amide bonds. The Balaban J connectivity index is 1.84. The molecule has 3 rings (SSSR count). The highest BCUT2D eigenvalue weighted by Crippen LogP contribution is 2.29. The molecule has 4 nitrogen and oxygen atoms in total. The van der Waals surface area contributed by atoms with Gasteiger partial charge in [-0.05, 0) is 23.4 Å². The van der Waals surface area contributed by atoms with Crippen molar-refractivity contribution in [1.29, 1.82) is 0 Å².